The van der Waals surface area contributed by atoms with Gasteiger partial charge in [-0.2, -0.15) is 0 Å². The van der Waals surface area contributed by atoms with E-state index in [1.807, 2.05) is 0 Å². The number of methoxy groups -OCH3 is 1. The first-order chi connectivity index (χ1) is 6.61. The van der Waals surface area contributed by atoms with E-state index >= 15 is 0 Å². The molecule has 1 aromatic heterocycles. The number of nitrogen functional groups attached to an aromatic ring is 1. The van der Waals surface area contributed by atoms with Gasteiger partial charge in [0.1, 0.15) is 0 Å². The van der Waals surface area contributed by atoms with Crippen LogP contribution >= 0.6 is 11.6 Å². The van der Waals surface area contributed by atoms with Crippen LogP contribution in [0.5, 0.6) is 5.75 Å². The third kappa shape index (κ3) is 1.87. The first-order valence-electron chi connectivity index (χ1n) is 3.77. The largest absolute Gasteiger partial charge is 0.493 e. The molecule has 1 heterocycles. The van der Waals surface area contributed by atoms with Gasteiger partial charge >= 0.3 is 0 Å². The molecule has 0 aromatic carbocycles. The molecule has 0 aliphatic rings. The smallest absolute Gasteiger partial charge is 0.265 e. The van der Waals surface area contributed by atoms with Crippen LogP contribution in [0.3, 0.4) is 0 Å². The van der Waals surface area contributed by atoms with Gasteiger partial charge in [-0.3, -0.25) is 0 Å². The third-order valence-electron chi connectivity index (χ3n) is 1.77. The second-order valence-corrected chi connectivity index (χ2v) is 2.81. The maximum Gasteiger partial charge on any atom is 0.265 e. The minimum Gasteiger partial charge on any atom is -0.493 e. The van der Waals surface area contributed by atoms with E-state index in [2.05, 4.69) is 4.98 Å². The molecule has 0 saturated heterocycles. The average Bonchev–Trinajstić information content (AvgIpc) is 2.16. The molecule has 1 aromatic rings. The minimum absolute atomic E-state index is 0.0625. The number of nitrogens with zero attached hydrogens (tertiary/aromatic N) is 1. The monoisotopic (exact) mass is 222 g/mol. The van der Waals surface area contributed by atoms with E-state index in [0.29, 0.717) is 0 Å². The van der Waals surface area contributed by atoms with Crippen molar-refractivity contribution in [1.82, 2.24) is 4.98 Å². The van der Waals surface area contributed by atoms with Gasteiger partial charge in [0, 0.05) is 17.3 Å². The number of hydrogen-bond donors (Lipinski definition) is 1. The summed E-state index contributed by atoms with van der Waals surface area (Å²) in [6, 6.07) is 0. The normalized spacial score (nSPS) is 10.6. The Labute approximate surface area is 84.8 Å². The van der Waals surface area contributed by atoms with E-state index in [9.17, 15) is 8.78 Å². The highest BCUT2D eigenvalue weighted by Crippen LogP contribution is 2.33. The lowest BCUT2D eigenvalue weighted by molar-refractivity contribution is 0.149. The maximum atomic E-state index is 12.5. The van der Waals surface area contributed by atoms with Crippen molar-refractivity contribution in [3.05, 3.63) is 17.3 Å². The standard InChI is InChI=1S/C8H9ClF2N2O/c1-14-6-4(2-9)5(7(10)11)3-13-8(6)12/h3,7H,2H2,1H3,(H2,12,13). The molecule has 3 nitrogen and oxygen atoms in total. The fourth-order valence-electron chi connectivity index (χ4n) is 1.11. The summed E-state index contributed by atoms with van der Waals surface area (Å²) >= 11 is 5.54. The fourth-order valence-corrected chi connectivity index (χ4v) is 1.39. The number of hydrogen-bond acceptors (Lipinski definition) is 3. The number of halogens is 3. The molecule has 0 spiro atoms. The molecule has 0 fully saturated rings. The van der Waals surface area contributed by atoms with Crippen molar-refractivity contribution >= 4 is 17.4 Å². The summed E-state index contributed by atoms with van der Waals surface area (Å²) in [6.07, 6.45) is -1.62. The van der Waals surface area contributed by atoms with Gasteiger partial charge in [-0.25, -0.2) is 13.8 Å². The first kappa shape index (κ1) is 11.0. The van der Waals surface area contributed by atoms with Crippen LogP contribution < -0.4 is 10.5 Å². The van der Waals surface area contributed by atoms with Gasteiger partial charge in [0.15, 0.2) is 11.6 Å². The van der Waals surface area contributed by atoms with E-state index in [1.54, 1.807) is 0 Å². The third-order valence-corrected chi connectivity index (χ3v) is 2.04. The van der Waals surface area contributed by atoms with Crippen LogP contribution in [-0.2, 0) is 5.88 Å². The fraction of sp³-hybridized carbons (Fsp3) is 0.375. The molecule has 0 aliphatic heterocycles. The Morgan fingerprint density at radius 3 is 2.71 bits per heavy atom. The molecule has 0 atom stereocenters. The Kier molecular flexibility index (Phi) is 3.46. The van der Waals surface area contributed by atoms with Gasteiger partial charge in [-0.05, 0) is 0 Å². The van der Waals surface area contributed by atoms with Crippen molar-refractivity contribution in [1.29, 1.82) is 0 Å². The van der Waals surface area contributed by atoms with Gasteiger partial charge in [0.05, 0.1) is 13.0 Å². The van der Waals surface area contributed by atoms with Crippen molar-refractivity contribution in [2.75, 3.05) is 12.8 Å². The van der Waals surface area contributed by atoms with E-state index in [0.717, 1.165) is 6.20 Å². The van der Waals surface area contributed by atoms with E-state index in [-0.39, 0.29) is 28.6 Å². The number of pyridine rings is 1. The van der Waals surface area contributed by atoms with Crippen LogP contribution in [0, 0.1) is 0 Å². The van der Waals surface area contributed by atoms with E-state index in [4.69, 9.17) is 22.1 Å². The van der Waals surface area contributed by atoms with Crippen molar-refractivity contribution in [3.8, 4) is 5.75 Å². The van der Waals surface area contributed by atoms with Crippen LogP contribution in [0.2, 0.25) is 0 Å². The predicted molar refractivity (Wildman–Crippen MR) is 49.7 cm³/mol. The molecule has 0 unspecified atom stereocenters. The first-order valence-corrected chi connectivity index (χ1v) is 4.30. The molecule has 2 N–H and O–H groups in total. The van der Waals surface area contributed by atoms with Crippen LogP contribution in [0.25, 0.3) is 0 Å². The summed E-state index contributed by atoms with van der Waals surface area (Å²) < 4.78 is 29.8. The minimum atomic E-state index is -2.63. The predicted octanol–water partition coefficient (Wildman–Crippen LogP) is 2.35. The molecule has 0 amide bonds. The summed E-state index contributed by atoms with van der Waals surface area (Å²) in [5.74, 6) is 0.0978. The van der Waals surface area contributed by atoms with Gasteiger partial charge in [0.25, 0.3) is 6.43 Å². The summed E-state index contributed by atoms with van der Waals surface area (Å²) in [4.78, 5) is 3.59. The highest BCUT2D eigenvalue weighted by Gasteiger charge is 2.19. The highest BCUT2D eigenvalue weighted by molar-refractivity contribution is 6.17. The lowest BCUT2D eigenvalue weighted by Crippen LogP contribution is -2.03. The van der Waals surface area contributed by atoms with Gasteiger partial charge < -0.3 is 10.5 Å². The number of nitrogens with two attached hydrogens (primary N) is 1. The number of rotatable bonds is 3. The zero-order valence-electron chi connectivity index (χ0n) is 7.43. The number of ether oxygens (including phenoxy) is 1. The average molecular weight is 223 g/mol. The zero-order chi connectivity index (χ0) is 10.7. The molecule has 6 heteroatoms. The molecule has 0 bridgehead atoms. The van der Waals surface area contributed by atoms with Crippen LogP contribution in [0.15, 0.2) is 6.20 Å². The molecule has 78 valence electrons. The van der Waals surface area contributed by atoms with Crippen molar-refractivity contribution < 1.29 is 13.5 Å². The van der Waals surface area contributed by atoms with Crippen molar-refractivity contribution in [2.24, 2.45) is 0 Å². The Morgan fingerprint density at radius 1 is 1.64 bits per heavy atom. The van der Waals surface area contributed by atoms with Gasteiger partial charge in [0.2, 0.25) is 0 Å². The Bertz CT molecular complexity index is 333. The summed E-state index contributed by atoms with van der Waals surface area (Å²) in [7, 11) is 1.33. The molecule has 0 aliphatic carbocycles. The number of alkyl halides is 3. The van der Waals surface area contributed by atoms with Crippen molar-refractivity contribution in [3.63, 3.8) is 0 Å². The highest BCUT2D eigenvalue weighted by atomic mass is 35.5. The maximum absolute atomic E-state index is 12.5. The lowest BCUT2D eigenvalue weighted by atomic mass is 10.1. The van der Waals surface area contributed by atoms with E-state index < -0.39 is 6.43 Å². The Balaban J connectivity index is 3.33. The second kappa shape index (κ2) is 4.41. The molecule has 1 rings (SSSR count). The molecular weight excluding hydrogens is 214 g/mol. The quantitative estimate of drug-likeness (QED) is 0.799. The van der Waals surface area contributed by atoms with Crippen LogP contribution in [-0.4, -0.2) is 12.1 Å². The Hall–Kier alpha value is -1.10. The van der Waals surface area contributed by atoms with Crippen LogP contribution in [0.4, 0.5) is 14.6 Å². The molecule has 0 radical (unpaired) electrons. The molecule has 14 heavy (non-hydrogen) atoms. The molecule has 0 saturated carbocycles. The van der Waals surface area contributed by atoms with Gasteiger partial charge in [-0.1, -0.05) is 0 Å². The number of anilines is 1. The van der Waals surface area contributed by atoms with Crippen molar-refractivity contribution in [2.45, 2.75) is 12.3 Å². The second-order valence-electron chi connectivity index (χ2n) is 2.54. The topological polar surface area (TPSA) is 48.1 Å². The number of aromatic nitrogens is 1. The Morgan fingerprint density at radius 2 is 2.29 bits per heavy atom. The van der Waals surface area contributed by atoms with Gasteiger partial charge in [-0.15, -0.1) is 11.6 Å². The zero-order valence-corrected chi connectivity index (χ0v) is 8.18. The van der Waals surface area contributed by atoms with E-state index in [1.165, 1.54) is 7.11 Å². The lowest BCUT2D eigenvalue weighted by Gasteiger charge is -2.12. The SMILES string of the molecule is COc1c(N)ncc(C(F)F)c1CCl. The summed E-state index contributed by atoms with van der Waals surface area (Å²) in [5, 5.41) is 0. The summed E-state index contributed by atoms with van der Waals surface area (Å²) in [5.41, 5.74) is 5.38. The summed E-state index contributed by atoms with van der Waals surface area (Å²) in [6.45, 7) is 0. The van der Waals surface area contributed by atoms with Crippen LogP contribution in [0.1, 0.15) is 17.6 Å². The molecular formula is C8H9ClF2N2O.